The van der Waals surface area contributed by atoms with Crippen molar-refractivity contribution in [2.45, 2.75) is 65.8 Å². The Morgan fingerprint density at radius 2 is 0.794 bits per heavy atom. The Balaban J connectivity index is 0.000000340. The summed E-state index contributed by atoms with van der Waals surface area (Å²) >= 11 is 0. The molecule has 0 aliphatic carbocycles. The van der Waals surface area contributed by atoms with E-state index >= 15 is 0 Å². The summed E-state index contributed by atoms with van der Waals surface area (Å²) in [5.41, 5.74) is 0. The second-order valence-corrected chi connectivity index (χ2v) is 13.0. The van der Waals surface area contributed by atoms with Crippen molar-refractivity contribution in [2.75, 3.05) is 79.3 Å². The van der Waals surface area contributed by atoms with E-state index in [-0.39, 0.29) is 0 Å². The van der Waals surface area contributed by atoms with Gasteiger partial charge in [-0.25, -0.2) is 0 Å². The fraction of sp³-hybridized carbons (Fsp3) is 1.00. The van der Waals surface area contributed by atoms with Crippen molar-refractivity contribution in [3.63, 3.8) is 0 Å². The Kier molecular flexibility index (Phi) is 18.1. The van der Waals surface area contributed by atoms with Gasteiger partial charge in [0.1, 0.15) is 12.2 Å². The van der Waals surface area contributed by atoms with Gasteiger partial charge in [0.25, 0.3) is 0 Å². The van der Waals surface area contributed by atoms with E-state index < -0.39 is 17.6 Å². The van der Waals surface area contributed by atoms with E-state index in [4.69, 9.17) is 45.5 Å². The molecule has 204 valence electrons. The third kappa shape index (κ3) is 14.6. The van der Waals surface area contributed by atoms with Gasteiger partial charge in [0, 0.05) is 51.7 Å². The Hall–Kier alpha value is 0.0338. The molecule has 2 unspecified atom stereocenters. The average molecular weight is 529 g/mol. The lowest BCUT2D eigenvalue weighted by atomic mass is 10.5. The van der Waals surface area contributed by atoms with Crippen molar-refractivity contribution in [1.29, 1.82) is 0 Å². The normalized spacial score (nSPS) is 19.6. The van der Waals surface area contributed by atoms with Crippen LogP contribution in [-0.4, -0.2) is 109 Å². The maximum absolute atomic E-state index is 5.72. The van der Waals surface area contributed by atoms with Gasteiger partial charge in [-0.05, 0) is 41.5 Å². The lowest BCUT2D eigenvalue weighted by molar-refractivity contribution is 0.0549. The number of hydrogen-bond donors (Lipinski definition) is 0. The molecule has 2 rings (SSSR count). The van der Waals surface area contributed by atoms with Gasteiger partial charge in [0.05, 0.1) is 39.6 Å². The van der Waals surface area contributed by atoms with Crippen LogP contribution >= 0.6 is 0 Å². The molecule has 0 bridgehead atoms. The highest BCUT2D eigenvalue weighted by Gasteiger charge is 2.41. The predicted molar refractivity (Wildman–Crippen MR) is 132 cm³/mol. The topological polar surface area (TPSA) is 98.9 Å². The minimum absolute atomic E-state index is 0.303. The second kappa shape index (κ2) is 19.2. The molecule has 2 fully saturated rings. The van der Waals surface area contributed by atoms with E-state index in [0.717, 1.165) is 13.2 Å². The third-order valence-electron chi connectivity index (χ3n) is 4.70. The first kappa shape index (κ1) is 32.1. The molecule has 0 aromatic heterocycles. The summed E-state index contributed by atoms with van der Waals surface area (Å²) in [7, 11) is -5.03. The largest absolute Gasteiger partial charge is 0.503 e. The van der Waals surface area contributed by atoms with E-state index in [0.29, 0.717) is 90.4 Å². The zero-order chi connectivity index (χ0) is 25.1. The SMILES string of the molecule is CCO[Si](CCOCC1CO1)(OCC)OCC.CCO[Si](CCOCC1CO1)(OCC)OCC. The minimum atomic E-state index is -2.51. The van der Waals surface area contributed by atoms with Crippen molar-refractivity contribution in [1.82, 2.24) is 0 Å². The molecule has 0 aromatic carbocycles. The Bertz CT molecular complexity index is 405. The quantitative estimate of drug-likeness (QED) is 0.118. The van der Waals surface area contributed by atoms with Gasteiger partial charge in [-0.3, -0.25) is 0 Å². The Morgan fingerprint density at radius 3 is 1.00 bits per heavy atom. The van der Waals surface area contributed by atoms with E-state index in [1.54, 1.807) is 0 Å². The fourth-order valence-corrected chi connectivity index (χ4v) is 7.95. The zero-order valence-corrected chi connectivity index (χ0v) is 24.1. The fourth-order valence-electron chi connectivity index (χ4n) is 3.15. The van der Waals surface area contributed by atoms with Gasteiger partial charge in [0.15, 0.2) is 0 Å². The minimum Gasteiger partial charge on any atom is -0.379 e. The molecule has 12 heteroatoms. The highest BCUT2D eigenvalue weighted by atomic mass is 28.4. The highest BCUT2D eigenvalue weighted by Crippen LogP contribution is 2.18. The van der Waals surface area contributed by atoms with Crippen molar-refractivity contribution in [3.05, 3.63) is 0 Å². The summed E-state index contributed by atoms with van der Waals surface area (Å²) in [5.74, 6) is 0. The summed E-state index contributed by atoms with van der Waals surface area (Å²) in [4.78, 5) is 0. The standard InChI is InChI=1S/2C11H24O5Si/c2*1-4-14-17(15-5-2,16-6-3)8-7-12-9-11-10-13-11/h2*11H,4-10H2,1-3H3. The summed E-state index contributed by atoms with van der Waals surface area (Å²) in [6.45, 7) is 19.6. The van der Waals surface area contributed by atoms with Crippen LogP contribution in [0.1, 0.15) is 41.5 Å². The monoisotopic (exact) mass is 528 g/mol. The van der Waals surface area contributed by atoms with Crippen LogP contribution in [0.2, 0.25) is 12.1 Å². The Morgan fingerprint density at radius 1 is 0.529 bits per heavy atom. The maximum atomic E-state index is 5.72. The predicted octanol–water partition coefficient (Wildman–Crippen LogP) is 2.90. The molecule has 2 saturated heterocycles. The highest BCUT2D eigenvalue weighted by molar-refractivity contribution is 6.61. The molecule has 0 amide bonds. The van der Waals surface area contributed by atoms with Crippen LogP contribution < -0.4 is 0 Å². The lowest BCUT2D eigenvalue weighted by Crippen LogP contribution is -2.46. The zero-order valence-electron chi connectivity index (χ0n) is 22.1. The van der Waals surface area contributed by atoms with E-state index in [1.807, 2.05) is 41.5 Å². The molecule has 2 aliphatic rings. The summed E-state index contributed by atoms with van der Waals surface area (Å²) < 4.78 is 55.5. The van der Waals surface area contributed by atoms with Crippen molar-refractivity contribution < 1.29 is 45.5 Å². The number of ether oxygens (including phenoxy) is 4. The number of epoxide rings is 2. The summed E-state index contributed by atoms with van der Waals surface area (Å²) in [6, 6.07) is 1.41. The van der Waals surface area contributed by atoms with Gasteiger partial charge in [-0.2, -0.15) is 0 Å². The van der Waals surface area contributed by atoms with Crippen molar-refractivity contribution in [2.24, 2.45) is 0 Å². The van der Waals surface area contributed by atoms with Gasteiger partial charge >= 0.3 is 17.6 Å². The van der Waals surface area contributed by atoms with E-state index in [9.17, 15) is 0 Å². The first-order valence-electron chi connectivity index (χ1n) is 12.7. The lowest BCUT2D eigenvalue weighted by Gasteiger charge is -2.28. The van der Waals surface area contributed by atoms with Gasteiger partial charge in [0.2, 0.25) is 0 Å². The maximum Gasteiger partial charge on any atom is 0.503 e. The molecule has 2 aliphatic heterocycles. The molecule has 0 spiro atoms. The molecule has 0 aromatic rings. The molecule has 34 heavy (non-hydrogen) atoms. The molecule has 2 atom stereocenters. The molecule has 10 nitrogen and oxygen atoms in total. The number of hydrogen-bond acceptors (Lipinski definition) is 10. The van der Waals surface area contributed by atoms with Crippen LogP contribution in [0, 0.1) is 0 Å². The molecule has 0 radical (unpaired) electrons. The van der Waals surface area contributed by atoms with Gasteiger partial charge in [-0.1, -0.05) is 0 Å². The van der Waals surface area contributed by atoms with Crippen LogP contribution in [0.3, 0.4) is 0 Å². The molecule has 0 N–H and O–H groups in total. The molecular weight excluding hydrogens is 480 g/mol. The van der Waals surface area contributed by atoms with E-state index in [1.165, 1.54) is 0 Å². The first-order valence-corrected chi connectivity index (χ1v) is 16.6. The average Bonchev–Trinajstić information content (AvgIpc) is 3.72. The second-order valence-electron chi connectivity index (χ2n) is 7.52. The van der Waals surface area contributed by atoms with Gasteiger partial charge < -0.3 is 45.5 Å². The first-order chi connectivity index (χ1) is 16.5. The third-order valence-corrected chi connectivity index (χ3v) is 10.7. The van der Waals surface area contributed by atoms with Crippen LogP contribution in [0.5, 0.6) is 0 Å². The van der Waals surface area contributed by atoms with Gasteiger partial charge in [-0.15, -0.1) is 0 Å². The van der Waals surface area contributed by atoms with Crippen LogP contribution in [0.25, 0.3) is 0 Å². The van der Waals surface area contributed by atoms with Crippen LogP contribution in [0.15, 0.2) is 0 Å². The summed E-state index contributed by atoms with van der Waals surface area (Å²) in [5, 5.41) is 0. The molecular formula is C22H48O10Si2. The van der Waals surface area contributed by atoms with Crippen molar-refractivity contribution >= 4 is 17.6 Å². The smallest absolute Gasteiger partial charge is 0.379 e. The summed E-state index contributed by atoms with van der Waals surface area (Å²) in [6.07, 6.45) is 0.606. The van der Waals surface area contributed by atoms with Crippen molar-refractivity contribution in [3.8, 4) is 0 Å². The van der Waals surface area contributed by atoms with Crippen LogP contribution in [0.4, 0.5) is 0 Å². The van der Waals surface area contributed by atoms with Crippen LogP contribution in [-0.2, 0) is 45.5 Å². The van der Waals surface area contributed by atoms with E-state index in [2.05, 4.69) is 0 Å². The molecule has 2 heterocycles. The Labute approximate surface area is 208 Å². The molecule has 0 saturated carbocycles. The number of rotatable bonds is 22.